The van der Waals surface area contributed by atoms with Crippen molar-refractivity contribution in [3.05, 3.63) is 63.1 Å². The molecule has 0 fully saturated rings. The molecule has 0 bridgehead atoms. The first-order valence-electron chi connectivity index (χ1n) is 7.87. The highest BCUT2D eigenvalue weighted by atomic mass is 79.9. The van der Waals surface area contributed by atoms with E-state index in [2.05, 4.69) is 21.2 Å². The second-order valence-electron chi connectivity index (χ2n) is 5.52. The molecule has 0 aliphatic rings. The Kier molecular flexibility index (Phi) is 6.37. The fraction of sp³-hybridized carbons (Fsp3) is 0.200. The summed E-state index contributed by atoms with van der Waals surface area (Å²) in [4.78, 5) is 12.5. The number of amides is 1. The molecule has 2 aromatic rings. The normalized spacial score (nSPS) is 10.9. The molecular weight excluding hydrogens is 380 g/mol. The molecule has 2 rings (SSSR count). The molecule has 0 aliphatic carbocycles. The number of halogens is 1. The van der Waals surface area contributed by atoms with Crippen molar-refractivity contribution >= 4 is 33.6 Å². The summed E-state index contributed by atoms with van der Waals surface area (Å²) in [5.41, 5.74) is 3.50. The van der Waals surface area contributed by atoms with E-state index in [1.165, 1.54) is 0 Å². The molecule has 0 heterocycles. The summed E-state index contributed by atoms with van der Waals surface area (Å²) in [5.74, 6) is 0.240. The van der Waals surface area contributed by atoms with Crippen LogP contribution in [0.3, 0.4) is 0 Å². The number of aryl methyl sites for hydroxylation is 1. The molecule has 0 aliphatic heterocycles. The van der Waals surface area contributed by atoms with Crippen molar-refractivity contribution < 1.29 is 9.53 Å². The van der Waals surface area contributed by atoms with E-state index in [9.17, 15) is 10.1 Å². The molecule has 0 saturated carbocycles. The average molecular weight is 399 g/mol. The van der Waals surface area contributed by atoms with Crippen molar-refractivity contribution in [2.24, 2.45) is 0 Å². The minimum Gasteiger partial charge on any atom is -0.494 e. The lowest BCUT2D eigenvalue weighted by Crippen LogP contribution is -2.14. The Morgan fingerprint density at radius 1 is 1.32 bits per heavy atom. The lowest BCUT2D eigenvalue weighted by molar-refractivity contribution is -0.112. The largest absolute Gasteiger partial charge is 0.494 e. The maximum Gasteiger partial charge on any atom is 0.266 e. The van der Waals surface area contributed by atoms with Gasteiger partial charge in [-0.3, -0.25) is 4.79 Å². The van der Waals surface area contributed by atoms with E-state index in [0.717, 1.165) is 15.6 Å². The van der Waals surface area contributed by atoms with Gasteiger partial charge >= 0.3 is 0 Å². The summed E-state index contributed by atoms with van der Waals surface area (Å²) in [6, 6.07) is 13.1. The zero-order valence-corrected chi connectivity index (χ0v) is 16.0. The monoisotopic (exact) mass is 398 g/mol. The minimum absolute atomic E-state index is 0.0291. The fourth-order valence-electron chi connectivity index (χ4n) is 2.31. The van der Waals surface area contributed by atoms with Crippen LogP contribution < -0.4 is 10.1 Å². The summed E-state index contributed by atoms with van der Waals surface area (Å²) < 4.78 is 6.30. The van der Waals surface area contributed by atoms with Crippen LogP contribution in [0.5, 0.6) is 5.75 Å². The summed E-state index contributed by atoms with van der Waals surface area (Å²) in [6.07, 6.45) is 1.55. The summed E-state index contributed by atoms with van der Waals surface area (Å²) in [7, 11) is 0. The molecule has 128 valence electrons. The Morgan fingerprint density at radius 3 is 2.76 bits per heavy atom. The highest BCUT2D eigenvalue weighted by Gasteiger charge is 2.12. The molecule has 0 atom stereocenters. The smallest absolute Gasteiger partial charge is 0.266 e. The molecule has 25 heavy (non-hydrogen) atoms. The van der Waals surface area contributed by atoms with E-state index in [1.807, 2.05) is 57.2 Å². The number of carbonyl (C=O) groups is 1. The first-order valence-corrected chi connectivity index (χ1v) is 8.66. The van der Waals surface area contributed by atoms with Gasteiger partial charge in [0.2, 0.25) is 0 Å². The predicted molar refractivity (Wildman–Crippen MR) is 103 cm³/mol. The lowest BCUT2D eigenvalue weighted by atomic mass is 10.1. The van der Waals surface area contributed by atoms with Gasteiger partial charge in [0.05, 0.1) is 6.61 Å². The van der Waals surface area contributed by atoms with Gasteiger partial charge in [-0.25, -0.2) is 0 Å². The number of carbonyl (C=O) groups excluding carboxylic acids is 1. The van der Waals surface area contributed by atoms with Crippen LogP contribution in [-0.4, -0.2) is 12.5 Å². The van der Waals surface area contributed by atoms with Gasteiger partial charge in [-0.1, -0.05) is 28.1 Å². The Bertz CT molecular complexity index is 866. The molecule has 0 saturated heterocycles. The van der Waals surface area contributed by atoms with Crippen LogP contribution >= 0.6 is 15.9 Å². The average Bonchev–Trinajstić information content (AvgIpc) is 2.56. The van der Waals surface area contributed by atoms with Crippen molar-refractivity contribution in [3.8, 4) is 11.8 Å². The second kappa shape index (κ2) is 8.50. The number of hydrogen-bond donors (Lipinski definition) is 1. The van der Waals surface area contributed by atoms with Crippen LogP contribution in [0.2, 0.25) is 0 Å². The third-order valence-electron chi connectivity index (χ3n) is 3.73. The Hall–Kier alpha value is -2.58. The number of nitrogens with zero attached hydrogens (tertiary/aromatic N) is 1. The molecular formula is C20H19BrN2O2. The molecule has 0 aromatic heterocycles. The van der Waals surface area contributed by atoms with E-state index in [1.54, 1.807) is 12.1 Å². The maximum absolute atomic E-state index is 12.5. The molecule has 5 heteroatoms. The number of anilines is 1. The Balaban J connectivity index is 2.29. The van der Waals surface area contributed by atoms with E-state index in [-0.39, 0.29) is 5.57 Å². The highest BCUT2D eigenvalue weighted by molar-refractivity contribution is 9.10. The third-order valence-corrected chi connectivity index (χ3v) is 4.19. The van der Waals surface area contributed by atoms with E-state index >= 15 is 0 Å². The van der Waals surface area contributed by atoms with E-state index in [0.29, 0.717) is 23.6 Å². The number of nitriles is 1. The number of benzene rings is 2. The van der Waals surface area contributed by atoms with Crippen LogP contribution in [-0.2, 0) is 4.79 Å². The SMILES string of the molecule is CCOc1cc(Br)cc(/C=C(\C#N)C(=O)Nc2cccc(C)c2C)c1. The molecule has 0 radical (unpaired) electrons. The summed E-state index contributed by atoms with van der Waals surface area (Å²) in [6.45, 7) is 6.35. The lowest BCUT2D eigenvalue weighted by Gasteiger charge is -2.10. The van der Waals surface area contributed by atoms with Gasteiger partial charge < -0.3 is 10.1 Å². The minimum atomic E-state index is -0.436. The van der Waals surface area contributed by atoms with Crippen LogP contribution in [0.15, 0.2) is 46.4 Å². The highest BCUT2D eigenvalue weighted by Crippen LogP contribution is 2.24. The molecule has 1 N–H and O–H groups in total. The van der Waals surface area contributed by atoms with Gasteiger partial charge in [0.15, 0.2) is 0 Å². The third kappa shape index (κ3) is 4.94. The van der Waals surface area contributed by atoms with Crippen LogP contribution in [0, 0.1) is 25.2 Å². The molecule has 0 spiro atoms. The Labute approximate surface area is 156 Å². The molecule has 4 nitrogen and oxygen atoms in total. The number of rotatable bonds is 5. The quantitative estimate of drug-likeness (QED) is 0.568. The van der Waals surface area contributed by atoms with Gasteiger partial charge in [0.1, 0.15) is 17.4 Å². The van der Waals surface area contributed by atoms with Crippen molar-refractivity contribution in [2.45, 2.75) is 20.8 Å². The van der Waals surface area contributed by atoms with Gasteiger partial charge in [-0.05, 0) is 67.8 Å². The van der Waals surface area contributed by atoms with Gasteiger partial charge in [-0.15, -0.1) is 0 Å². The van der Waals surface area contributed by atoms with E-state index < -0.39 is 5.91 Å². The van der Waals surface area contributed by atoms with E-state index in [4.69, 9.17) is 4.74 Å². The van der Waals surface area contributed by atoms with Crippen LogP contribution in [0.1, 0.15) is 23.6 Å². The summed E-state index contributed by atoms with van der Waals surface area (Å²) in [5, 5.41) is 12.2. The molecule has 0 unspecified atom stereocenters. The summed E-state index contributed by atoms with van der Waals surface area (Å²) >= 11 is 3.41. The second-order valence-corrected chi connectivity index (χ2v) is 6.44. The molecule has 1 amide bonds. The molecule has 2 aromatic carbocycles. The van der Waals surface area contributed by atoms with Gasteiger partial charge in [0.25, 0.3) is 5.91 Å². The van der Waals surface area contributed by atoms with Crippen molar-refractivity contribution in [2.75, 3.05) is 11.9 Å². The predicted octanol–water partition coefficient (Wildman–Crippen LogP) is 5.01. The standard InChI is InChI=1S/C20H19BrN2O2/c1-4-25-18-10-15(9-17(21)11-18)8-16(12-22)20(24)23-19-7-5-6-13(2)14(19)3/h5-11H,4H2,1-3H3,(H,23,24)/b16-8+. The maximum atomic E-state index is 12.5. The Morgan fingerprint density at radius 2 is 2.08 bits per heavy atom. The number of hydrogen-bond acceptors (Lipinski definition) is 3. The number of ether oxygens (including phenoxy) is 1. The zero-order chi connectivity index (χ0) is 18.4. The van der Waals surface area contributed by atoms with Gasteiger partial charge in [0, 0.05) is 10.2 Å². The van der Waals surface area contributed by atoms with Crippen molar-refractivity contribution in [1.82, 2.24) is 0 Å². The van der Waals surface area contributed by atoms with Gasteiger partial charge in [-0.2, -0.15) is 5.26 Å². The topological polar surface area (TPSA) is 62.1 Å². The fourth-order valence-corrected chi connectivity index (χ4v) is 2.80. The first kappa shape index (κ1) is 18.8. The zero-order valence-electron chi connectivity index (χ0n) is 14.4. The number of nitrogens with one attached hydrogen (secondary N) is 1. The van der Waals surface area contributed by atoms with Crippen molar-refractivity contribution in [1.29, 1.82) is 5.26 Å². The first-order chi connectivity index (χ1) is 11.9. The van der Waals surface area contributed by atoms with Crippen LogP contribution in [0.4, 0.5) is 5.69 Å². The van der Waals surface area contributed by atoms with Crippen molar-refractivity contribution in [3.63, 3.8) is 0 Å². The van der Waals surface area contributed by atoms with Crippen LogP contribution in [0.25, 0.3) is 6.08 Å².